The number of hydrogen-bond acceptors (Lipinski definition) is 4. The third kappa shape index (κ3) is 5.24. The Balaban J connectivity index is 1.19. The highest BCUT2D eigenvalue weighted by atomic mass is 16.5. The third-order valence-electron chi connectivity index (χ3n) is 5.68. The first-order valence-corrected chi connectivity index (χ1v) is 10.6. The van der Waals surface area contributed by atoms with E-state index in [2.05, 4.69) is 15.2 Å². The molecule has 7 heteroatoms. The van der Waals surface area contributed by atoms with Crippen molar-refractivity contribution in [3.63, 3.8) is 0 Å². The molecule has 3 aromatic rings. The van der Waals surface area contributed by atoms with E-state index in [1.54, 1.807) is 7.11 Å². The minimum atomic E-state index is 0.0137. The lowest BCUT2D eigenvalue weighted by atomic mass is 10.1. The largest absolute Gasteiger partial charge is 0.497 e. The summed E-state index contributed by atoms with van der Waals surface area (Å²) in [4.78, 5) is 32.2. The Morgan fingerprint density at radius 1 is 1.03 bits per heavy atom. The smallest absolute Gasteiger partial charge is 0.270 e. The second-order valence-electron chi connectivity index (χ2n) is 7.79. The van der Waals surface area contributed by atoms with Gasteiger partial charge in [-0.15, -0.1) is 0 Å². The fourth-order valence-corrected chi connectivity index (χ4v) is 3.87. The average molecular weight is 421 g/mol. The summed E-state index contributed by atoms with van der Waals surface area (Å²) in [5.41, 5.74) is 2.74. The van der Waals surface area contributed by atoms with Gasteiger partial charge in [-0.1, -0.05) is 30.3 Å². The highest BCUT2D eigenvalue weighted by Gasteiger charge is 2.24. The van der Waals surface area contributed by atoms with Crippen LogP contribution < -0.4 is 10.1 Å². The normalized spacial score (nSPS) is 14.5. The van der Waals surface area contributed by atoms with E-state index in [-0.39, 0.29) is 11.8 Å². The topological polar surface area (TPSA) is 77.7 Å². The minimum absolute atomic E-state index is 0.0137. The molecule has 1 saturated heterocycles. The number of H-pyrrole nitrogens is 1. The number of piperazine rings is 1. The van der Waals surface area contributed by atoms with Crippen molar-refractivity contribution in [3.8, 4) is 5.75 Å². The van der Waals surface area contributed by atoms with Crippen molar-refractivity contribution in [2.24, 2.45) is 0 Å². The number of hydrogen-bond donors (Lipinski definition) is 2. The molecule has 1 aliphatic heterocycles. The Kier molecular flexibility index (Phi) is 6.52. The number of carbonyl (C=O) groups is 2. The van der Waals surface area contributed by atoms with Crippen LogP contribution in [0.4, 0.5) is 0 Å². The van der Waals surface area contributed by atoms with Crippen molar-refractivity contribution in [1.29, 1.82) is 0 Å². The molecule has 0 saturated carbocycles. The van der Waals surface area contributed by atoms with E-state index in [1.807, 2.05) is 59.5 Å². The van der Waals surface area contributed by atoms with Gasteiger partial charge in [0.05, 0.1) is 13.7 Å². The molecule has 0 spiro atoms. The van der Waals surface area contributed by atoms with E-state index in [9.17, 15) is 9.59 Å². The lowest BCUT2D eigenvalue weighted by Crippen LogP contribution is -2.51. The van der Waals surface area contributed by atoms with Crippen molar-refractivity contribution in [2.75, 3.05) is 46.4 Å². The lowest BCUT2D eigenvalue weighted by Gasteiger charge is -2.34. The van der Waals surface area contributed by atoms with Crippen LogP contribution in [0, 0.1) is 0 Å². The molecule has 2 amide bonds. The third-order valence-corrected chi connectivity index (χ3v) is 5.68. The number of fused-ring (bicyclic) bond motifs is 1. The summed E-state index contributed by atoms with van der Waals surface area (Å²) in [7, 11) is 1.65. The predicted molar refractivity (Wildman–Crippen MR) is 120 cm³/mol. The number of methoxy groups -OCH3 is 1. The first kappa shape index (κ1) is 20.9. The van der Waals surface area contributed by atoms with Crippen molar-refractivity contribution >= 4 is 22.7 Å². The lowest BCUT2D eigenvalue weighted by molar-refractivity contribution is -0.122. The molecule has 2 N–H and O–H groups in total. The maximum absolute atomic E-state index is 12.8. The average Bonchev–Trinajstić information content (AvgIpc) is 3.24. The first-order chi connectivity index (χ1) is 15.1. The summed E-state index contributed by atoms with van der Waals surface area (Å²) >= 11 is 0. The first-order valence-electron chi connectivity index (χ1n) is 10.6. The maximum Gasteiger partial charge on any atom is 0.270 e. The van der Waals surface area contributed by atoms with Gasteiger partial charge in [0.15, 0.2) is 0 Å². The Labute approximate surface area is 182 Å². The van der Waals surface area contributed by atoms with E-state index in [1.165, 1.54) is 0 Å². The van der Waals surface area contributed by atoms with Crippen LogP contribution in [0.25, 0.3) is 10.9 Å². The zero-order valence-electron chi connectivity index (χ0n) is 17.8. The molecule has 0 atom stereocenters. The van der Waals surface area contributed by atoms with E-state index < -0.39 is 0 Å². The van der Waals surface area contributed by atoms with Gasteiger partial charge in [0.2, 0.25) is 5.91 Å². The molecular weight excluding hydrogens is 392 g/mol. The van der Waals surface area contributed by atoms with E-state index in [4.69, 9.17) is 4.74 Å². The molecule has 4 rings (SSSR count). The second-order valence-corrected chi connectivity index (χ2v) is 7.79. The Hall–Kier alpha value is -3.32. The Morgan fingerprint density at radius 2 is 1.77 bits per heavy atom. The standard InChI is InChI=1S/C24H28N4O3/c1-31-20-8-6-18(7-9-20)10-11-25-23(29)17-27-12-14-28(15-13-27)24(30)22-16-19-4-2-3-5-21(19)26-22/h2-9,16,26H,10-15,17H2,1H3,(H,25,29). The number of nitrogens with zero attached hydrogens (tertiary/aromatic N) is 2. The van der Waals surface area contributed by atoms with Crippen LogP contribution in [0.5, 0.6) is 5.75 Å². The fourth-order valence-electron chi connectivity index (χ4n) is 3.87. The molecule has 0 radical (unpaired) electrons. The summed E-state index contributed by atoms with van der Waals surface area (Å²) in [5.74, 6) is 0.860. The highest BCUT2D eigenvalue weighted by Crippen LogP contribution is 2.17. The van der Waals surface area contributed by atoms with Gasteiger partial charge >= 0.3 is 0 Å². The van der Waals surface area contributed by atoms with Crippen LogP contribution in [-0.2, 0) is 11.2 Å². The number of aromatic nitrogens is 1. The summed E-state index contributed by atoms with van der Waals surface area (Å²) in [5, 5.41) is 4.02. The maximum atomic E-state index is 12.8. The van der Waals surface area contributed by atoms with Crippen molar-refractivity contribution in [2.45, 2.75) is 6.42 Å². The second kappa shape index (κ2) is 9.66. The van der Waals surface area contributed by atoms with E-state index >= 15 is 0 Å². The van der Waals surface area contributed by atoms with Crippen LogP contribution in [0.3, 0.4) is 0 Å². The van der Waals surface area contributed by atoms with E-state index in [0.717, 1.165) is 28.6 Å². The molecular formula is C24H28N4O3. The number of carbonyl (C=O) groups excluding carboxylic acids is 2. The Morgan fingerprint density at radius 3 is 2.48 bits per heavy atom. The predicted octanol–water partition coefficient (Wildman–Crippen LogP) is 2.29. The number of ether oxygens (including phenoxy) is 1. The summed E-state index contributed by atoms with van der Waals surface area (Å²) in [6.07, 6.45) is 0.780. The molecule has 1 fully saturated rings. The number of para-hydroxylation sites is 1. The number of rotatable bonds is 7. The van der Waals surface area contributed by atoms with Gasteiger partial charge in [0.1, 0.15) is 11.4 Å². The molecule has 0 aliphatic carbocycles. The minimum Gasteiger partial charge on any atom is -0.497 e. The molecule has 2 aromatic carbocycles. The number of amides is 2. The van der Waals surface area contributed by atoms with Crippen molar-refractivity contribution in [1.82, 2.24) is 20.1 Å². The SMILES string of the molecule is COc1ccc(CCNC(=O)CN2CCN(C(=O)c3cc4ccccc4[nH]3)CC2)cc1. The molecule has 31 heavy (non-hydrogen) atoms. The number of nitrogens with one attached hydrogen (secondary N) is 2. The highest BCUT2D eigenvalue weighted by molar-refractivity contribution is 5.98. The zero-order valence-corrected chi connectivity index (χ0v) is 17.8. The van der Waals surface area contributed by atoms with Gasteiger partial charge in [0.25, 0.3) is 5.91 Å². The quantitative estimate of drug-likeness (QED) is 0.615. The van der Waals surface area contributed by atoms with Crippen molar-refractivity contribution < 1.29 is 14.3 Å². The zero-order chi connectivity index (χ0) is 21.6. The molecule has 1 aliphatic rings. The van der Waals surface area contributed by atoms with Crippen LogP contribution >= 0.6 is 0 Å². The molecule has 162 valence electrons. The molecule has 7 nitrogen and oxygen atoms in total. The van der Waals surface area contributed by atoms with Crippen molar-refractivity contribution in [3.05, 3.63) is 65.9 Å². The van der Waals surface area contributed by atoms with Gasteiger partial charge < -0.3 is 19.9 Å². The summed E-state index contributed by atoms with van der Waals surface area (Å²) in [6.45, 7) is 3.58. The number of aromatic amines is 1. The molecule has 0 unspecified atom stereocenters. The van der Waals surface area contributed by atoms with Gasteiger partial charge in [-0.3, -0.25) is 14.5 Å². The van der Waals surface area contributed by atoms with Gasteiger partial charge in [-0.25, -0.2) is 0 Å². The molecule has 2 heterocycles. The Bertz CT molecular complexity index is 1000. The van der Waals surface area contributed by atoms with Gasteiger partial charge in [0, 0.05) is 43.6 Å². The monoisotopic (exact) mass is 420 g/mol. The van der Waals surface area contributed by atoms with Crippen LogP contribution in [-0.4, -0.2) is 73.0 Å². The molecule has 0 bridgehead atoms. The summed E-state index contributed by atoms with van der Waals surface area (Å²) < 4.78 is 5.16. The fraction of sp³-hybridized carbons (Fsp3) is 0.333. The summed E-state index contributed by atoms with van der Waals surface area (Å²) in [6, 6.07) is 17.6. The molecule has 1 aromatic heterocycles. The van der Waals surface area contributed by atoms with Crippen LogP contribution in [0.15, 0.2) is 54.6 Å². The number of benzene rings is 2. The van der Waals surface area contributed by atoms with E-state index in [0.29, 0.717) is 45.0 Å². The van der Waals surface area contributed by atoms with Gasteiger partial charge in [-0.2, -0.15) is 0 Å². The van der Waals surface area contributed by atoms with Crippen LogP contribution in [0.2, 0.25) is 0 Å². The van der Waals surface area contributed by atoms with Gasteiger partial charge in [-0.05, 0) is 36.2 Å². The van der Waals surface area contributed by atoms with Crippen LogP contribution in [0.1, 0.15) is 16.1 Å².